The summed E-state index contributed by atoms with van der Waals surface area (Å²) in [6.07, 6.45) is 1.92. The maximum atomic E-state index is 14.6. The number of nitrogens with zero attached hydrogens (tertiary/aromatic N) is 3. The Morgan fingerprint density at radius 2 is 1.52 bits per heavy atom. The molecule has 0 saturated carbocycles. The number of aromatic nitrogens is 2. The fourth-order valence-electron chi connectivity index (χ4n) is 6.25. The molecule has 48 heavy (non-hydrogen) atoms. The second-order valence-electron chi connectivity index (χ2n) is 11.2. The summed E-state index contributed by atoms with van der Waals surface area (Å²) >= 11 is 7.73. The fourth-order valence-corrected chi connectivity index (χ4v) is 7.46. The molecule has 0 radical (unpaired) electrons. The standard InChI is InChI=1S/C39H30ClN3O4S/c1-24-34(38(45)47-3)36(30-23-28(40)19-20-32(30)46-2)43-37(44)33(48-39(43)41-24)22-27-21-31(25-13-7-4-8-14-25)42(29-17-11-6-12-18-29)35(27)26-15-9-5-10-16-26/h4-23,36H,1-3H3/b33-22-/t36-/m0/s1. The van der Waals surface area contributed by atoms with Gasteiger partial charge in [0, 0.05) is 21.8 Å². The van der Waals surface area contributed by atoms with E-state index in [9.17, 15) is 9.59 Å². The normalized spacial score (nSPS) is 14.4. The lowest BCUT2D eigenvalue weighted by Gasteiger charge is -2.25. The van der Waals surface area contributed by atoms with E-state index >= 15 is 0 Å². The number of hydrogen-bond acceptors (Lipinski definition) is 6. The first kappa shape index (κ1) is 31.2. The minimum absolute atomic E-state index is 0.239. The van der Waals surface area contributed by atoms with Crippen molar-refractivity contribution in [1.29, 1.82) is 0 Å². The largest absolute Gasteiger partial charge is 0.496 e. The lowest BCUT2D eigenvalue weighted by Crippen LogP contribution is -2.40. The van der Waals surface area contributed by atoms with Gasteiger partial charge in [-0.25, -0.2) is 9.79 Å². The zero-order valence-electron chi connectivity index (χ0n) is 26.4. The molecule has 0 aliphatic carbocycles. The molecule has 0 saturated heterocycles. The van der Waals surface area contributed by atoms with E-state index < -0.39 is 12.0 Å². The molecule has 0 N–H and O–H groups in total. The van der Waals surface area contributed by atoms with Crippen LogP contribution in [0.15, 0.2) is 136 Å². The van der Waals surface area contributed by atoms with Crippen LogP contribution < -0.4 is 19.6 Å². The van der Waals surface area contributed by atoms with Crippen LogP contribution in [0.1, 0.15) is 24.1 Å². The van der Waals surface area contributed by atoms with Gasteiger partial charge in [0.05, 0.1) is 41.4 Å². The van der Waals surface area contributed by atoms with E-state index in [0.717, 1.165) is 33.8 Å². The number of halogens is 1. The Kier molecular flexibility index (Phi) is 8.43. The highest BCUT2D eigenvalue weighted by atomic mass is 35.5. The molecule has 7 rings (SSSR count). The first-order valence-corrected chi connectivity index (χ1v) is 16.5. The van der Waals surface area contributed by atoms with E-state index in [-0.39, 0.29) is 11.1 Å². The van der Waals surface area contributed by atoms with Crippen molar-refractivity contribution in [2.24, 2.45) is 4.99 Å². The highest BCUT2D eigenvalue weighted by Gasteiger charge is 2.35. The Morgan fingerprint density at radius 3 is 2.17 bits per heavy atom. The van der Waals surface area contributed by atoms with Gasteiger partial charge >= 0.3 is 5.97 Å². The maximum absolute atomic E-state index is 14.6. The number of benzene rings is 4. The number of esters is 1. The third-order valence-electron chi connectivity index (χ3n) is 8.36. The SMILES string of the molecule is COC(=O)C1=C(C)N=c2s/c(=C\c3cc(-c4ccccc4)n(-c4ccccc4)c3-c3ccccc3)c(=O)n2[C@H]1c1cc(Cl)ccc1OC. The Hall–Kier alpha value is -5.44. The zero-order valence-corrected chi connectivity index (χ0v) is 28.0. The summed E-state index contributed by atoms with van der Waals surface area (Å²) in [4.78, 5) is 33.0. The molecule has 0 amide bonds. The average Bonchev–Trinajstić information content (AvgIpc) is 3.65. The van der Waals surface area contributed by atoms with Crippen LogP contribution in [0.25, 0.3) is 34.3 Å². The smallest absolute Gasteiger partial charge is 0.338 e. The maximum Gasteiger partial charge on any atom is 0.338 e. The summed E-state index contributed by atoms with van der Waals surface area (Å²) in [6, 6.07) is 36.9. The van der Waals surface area contributed by atoms with Crippen LogP contribution in [0.2, 0.25) is 5.02 Å². The minimum Gasteiger partial charge on any atom is -0.496 e. The second kappa shape index (κ2) is 13.0. The van der Waals surface area contributed by atoms with Crippen molar-refractivity contribution < 1.29 is 14.3 Å². The molecule has 6 aromatic rings. The fraction of sp³-hybridized carbons (Fsp3) is 0.103. The zero-order chi connectivity index (χ0) is 33.4. The van der Waals surface area contributed by atoms with E-state index in [1.807, 2.05) is 60.7 Å². The number of thiazole rings is 1. The summed E-state index contributed by atoms with van der Waals surface area (Å²) < 4.78 is 15.1. The number of hydrogen-bond donors (Lipinski definition) is 0. The van der Waals surface area contributed by atoms with Crippen LogP contribution in [0.4, 0.5) is 0 Å². The van der Waals surface area contributed by atoms with Gasteiger partial charge in [0.1, 0.15) is 11.8 Å². The molecule has 0 bridgehead atoms. The van der Waals surface area contributed by atoms with Crippen LogP contribution in [0, 0.1) is 0 Å². The molecule has 1 atom stereocenters. The topological polar surface area (TPSA) is 74.8 Å². The predicted molar refractivity (Wildman–Crippen MR) is 190 cm³/mol. The van der Waals surface area contributed by atoms with Gasteiger partial charge in [-0.05, 0) is 60.5 Å². The van der Waals surface area contributed by atoms with Crippen molar-refractivity contribution in [3.05, 3.63) is 162 Å². The van der Waals surface area contributed by atoms with E-state index in [0.29, 0.717) is 31.4 Å². The quantitative estimate of drug-likeness (QED) is 0.168. The molecule has 1 aliphatic heterocycles. The van der Waals surface area contributed by atoms with Crippen LogP contribution >= 0.6 is 22.9 Å². The first-order valence-electron chi connectivity index (χ1n) is 15.3. The molecule has 4 aromatic carbocycles. The monoisotopic (exact) mass is 671 g/mol. The molecular weight excluding hydrogens is 642 g/mol. The van der Waals surface area contributed by atoms with Crippen molar-refractivity contribution in [1.82, 2.24) is 9.13 Å². The predicted octanol–water partition coefficient (Wildman–Crippen LogP) is 7.19. The molecule has 0 unspecified atom stereocenters. The third-order valence-corrected chi connectivity index (χ3v) is 9.58. The number of carbonyl (C=O) groups excluding carboxylic acids is 1. The molecule has 1 aliphatic rings. The summed E-state index contributed by atoms with van der Waals surface area (Å²) in [5, 5.41) is 0.440. The van der Waals surface area contributed by atoms with Crippen molar-refractivity contribution in [3.8, 4) is 34.0 Å². The number of fused-ring (bicyclic) bond motifs is 1. The summed E-state index contributed by atoms with van der Waals surface area (Å²) in [5.74, 6) is -0.106. The highest BCUT2D eigenvalue weighted by molar-refractivity contribution is 7.07. The molecule has 0 fully saturated rings. The number of rotatable bonds is 7. The Bertz CT molecular complexity index is 2380. The molecule has 3 heterocycles. The van der Waals surface area contributed by atoms with Crippen LogP contribution in [-0.4, -0.2) is 29.3 Å². The number of ether oxygens (including phenoxy) is 2. The minimum atomic E-state index is -0.869. The van der Waals surface area contributed by atoms with Crippen LogP contribution in [-0.2, 0) is 9.53 Å². The number of para-hydroxylation sites is 1. The van der Waals surface area contributed by atoms with Crippen LogP contribution in [0.3, 0.4) is 0 Å². The Morgan fingerprint density at radius 1 is 0.875 bits per heavy atom. The van der Waals surface area contributed by atoms with Gasteiger partial charge in [0.2, 0.25) is 0 Å². The van der Waals surface area contributed by atoms with E-state index in [1.165, 1.54) is 25.6 Å². The van der Waals surface area contributed by atoms with Gasteiger partial charge in [-0.3, -0.25) is 9.36 Å². The molecule has 7 nitrogen and oxygen atoms in total. The van der Waals surface area contributed by atoms with E-state index in [1.54, 1.807) is 29.7 Å². The van der Waals surface area contributed by atoms with Gasteiger partial charge in [-0.15, -0.1) is 0 Å². The third kappa shape index (κ3) is 5.49. The van der Waals surface area contributed by atoms with Gasteiger partial charge in [-0.2, -0.15) is 0 Å². The lowest BCUT2D eigenvalue weighted by molar-refractivity contribution is -0.136. The molecule has 9 heteroatoms. The average molecular weight is 672 g/mol. The summed E-state index contributed by atoms with van der Waals surface area (Å²) in [6.45, 7) is 1.74. The number of allylic oxidation sites excluding steroid dienone is 1. The van der Waals surface area contributed by atoms with E-state index in [2.05, 4.69) is 47.0 Å². The van der Waals surface area contributed by atoms with Crippen LogP contribution in [0.5, 0.6) is 5.75 Å². The molecule has 0 spiro atoms. The molecular formula is C39H30ClN3O4S. The van der Waals surface area contributed by atoms with Gasteiger partial charge in [0.25, 0.3) is 5.56 Å². The summed E-state index contributed by atoms with van der Waals surface area (Å²) in [7, 11) is 2.85. The van der Waals surface area contributed by atoms with Crippen molar-refractivity contribution in [2.45, 2.75) is 13.0 Å². The van der Waals surface area contributed by atoms with Crippen molar-refractivity contribution in [3.63, 3.8) is 0 Å². The number of methoxy groups -OCH3 is 2. The highest BCUT2D eigenvalue weighted by Crippen LogP contribution is 2.38. The van der Waals surface area contributed by atoms with Crippen molar-refractivity contribution in [2.75, 3.05) is 14.2 Å². The second-order valence-corrected chi connectivity index (χ2v) is 12.6. The number of carbonyl (C=O) groups is 1. The molecule has 2 aromatic heterocycles. The first-order chi connectivity index (χ1) is 23.4. The lowest BCUT2D eigenvalue weighted by atomic mass is 9.95. The summed E-state index contributed by atoms with van der Waals surface area (Å²) in [5.41, 5.74) is 6.73. The molecule has 238 valence electrons. The Balaban J connectivity index is 1.53. The van der Waals surface area contributed by atoms with Crippen molar-refractivity contribution >= 4 is 35.0 Å². The Labute approximate surface area is 285 Å². The van der Waals surface area contributed by atoms with Gasteiger partial charge in [-0.1, -0.05) is 102 Å². The van der Waals surface area contributed by atoms with Gasteiger partial charge in [0.15, 0.2) is 4.80 Å². The van der Waals surface area contributed by atoms with E-state index in [4.69, 9.17) is 26.1 Å². The van der Waals surface area contributed by atoms with Gasteiger partial charge < -0.3 is 14.0 Å².